The van der Waals surface area contributed by atoms with E-state index in [9.17, 15) is 4.79 Å². The maximum atomic E-state index is 12.9. The highest BCUT2D eigenvalue weighted by Gasteiger charge is 2.54. The topological polar surface area (TPSA) is 35.5 Å². The number of carbonyl (C=O) groups is 1. The van der Waals surface area contributed by atoms with Crippen molar-refractivity contribution < 1.29 is 14.3 Å². The SMILES string of the molecule is COc1ccc2c(c1)CCC[C@]1(C)C[C@H]1C(=O)c1ccccc1O2. The molecule has 1 fully saturated rings. The van der Waals surface area contributed by atoms with Crippen molar-refractivity contribution in [2.45, 2.75) is 32.6 Å². The van der Waals surface area contributed by atoms with Crippen LogP contribution in [0.25, 0.3) is 0 Å². The molecule has 2 aliphatic rings. The van der Waals surface area contributed by atoms with Crippen molar-refractivity contribution in [1.82, 2.24) is 0 Å². The number of benzene rings is 2. The third kappa shape index (κ3) is 2.58. The lowest BCUT2D eigenvalue weighted by Crippen LogP contribution is -2.09. The summed E-state index contributed by atoms with van der Waals surface area (Å²) in [5, 5.41) is 0. The third-order valence-electron chi connectivity index (χ3n) is 5.50. The zero-order valence-electron chi connectivity index (χ0n) is 14.2. The summed E-state index contributed by atoms with van der Waals surface area (Å²) in [4.78, 5) is 12.9. The molecule has 1 heterocycles. The molecule has 0 saturated heterocycles. The molecule has 2 aromatic rings. The smallest absolute Gasteiger partial charge is 0.170 e. The van der Waals surface area contributed by atoms with Gasteiger partial charge in [0, 0.05) is 5.92 Å². The van der Waals surface area contributed by atoms with E-state index in [1.54, 1.807) is 7.11 Å². The predicted octanol–water partition coefficient (Wildman–Crippen LogP) is 5.03. The fourth-order valence-corrected chi connectivity index (χ4v) is 3.82. The van der Waals surface area contributed by atoms with E-state index in [0.29, 0.717) is 11.3 Å². The summed E-state index contributed by atoms with van der Waals surface area (Å²) < 4.78 is 11.5. The largest absolute Gasteiger partial charge is 0.497 e. The number of para-hydroxylation sites is 1. The molecule has 3 nitrogen and oxygen atoms in total. The van der Waals surface area contributed by atoms with Gasteiger partial charge >= 0.3 is 0 Å². The minimum atomic E-state index is 0.137. The first-order valence-corrected chi connectivity index (χ1v) is 8.59. The van der Waals surface area contributed by atoms with Crippen LogP contribution in [0.2, 0.25) is 0 Å². The van der Waals surface area contributed by atoms with Crippen LogP contribution in [0.1, 0.15) is 42.1 Å². The molecule has 124 valence electrons. The lowest BCUT2D eigenvalue weighted by molar-refractivity contribution is 0.0947. The lowest BCUT2D eigenvalue weighted by Gasteiger charge is -2.14. The Bertz CT molecular complexity index is 795. The molecular formula is C21H22O3. The fourth-order valence-electron chi connectivity index (χ4n) is 3.82. The van der Waals surface area contributed by atoms with Crippen LogP contribution in [0.15, 0.2) is 42.5 Å². The van der Waals surface area contributed by atoms with Crippen molar-refractivity contribution in [3.05, 3.63) is 53.6 Å². The number of Topliss-reactive ketones (excluding diaryl/α,β-unsaturated/α-hetero) is 1. The first kappa shape index (κ1) is 15.3. The molecular weight excluding hydrogens is 300 g/mol. The molecule has 0 N–H and O–H groups in total. The monoisotopic (exact) mass is 322 g/mol. The van der Waals surface area contributed by atoms with Gasteiger partial charge in [0.1, 0.15) is 17.2 Å². The first-order valence-electron chi connectivity index (χ1n) is 8.59. The second kappa shape index (κ2) is 5.66. The van der Waals surface area contributed by atoms with Crippen molar-refractivity contribution >= 4 is 5.78 Å². The molecule has 3 heteroatoms. The number of ketones is 1. The lowest BCUT2D eigenvalue weighted by atomic mass is 9.93. The van der Waals surface area contributed by atoms with E-state index in [-0.39, 0.29) is 17.1 Å². The van der Waals surface area contributed by atoms with Gasteiger partial charge in [-0.15, -0.1) is 0 Å². The average molecular weight is 322 g/mol. The van der Waals surface area contributed by atoms with Crippen molar-refractivity contribution in [3.8, 4) is 17.2 Å². The van der Waals surface area contributed by atoms with Gasteiger partial charge in [0.05, 0.1) is 12.7 Å². The van der Waals surface area contributed by atoms with E-state index < -0.39 is 0 Å². The van der Waals surface area contributed by atoms with Gasteiger partial charge in [0.15, 0.2) is 5.78 Å². The second-order valence-corrected chi connectivity index (χ2v) is 7.20. The summed E-state index contributed by atoms with van der Waals surface area (Å²) in [5.41, 5.74) is 1.99. The zero-order chi connectivity index (χ0) is 16.7. The molecule has 4 rings (SSSR count). The molecule has 2 atom stereocenters. The molecule has 1 aliphatic heterocycles. The Kier molecular flexibility index (Phi) is 3.60. The predicted molar refractivity (Wildman–Crippen MR) is 93.0 cm³/mol. The average Bonchev–Trinajstić information content (AvgIpc) is 3.27. The van der Waals surface area contributed by atoms with Crippen LogP contribution in [0, 0.1) is 11.3 Å². The van der Waals surface area contributed by atoms with Crippen molar-refractivity contribution in [3.63, 3.8) is 0 Å². The van der Waals surface area contributed by atoms with E-state index in [1.807, 2.05) is 42.5 Å². The van der Waals surface area contributed by atoms with E-state index >= 15 is 0 Å². The number of aryl methyl sites for hydroxylation is 1. The number of rotatable bonds is 1. The summed E-state index contributed by atoms with van der Waals surface area (Å²) >= 11 is 0. The molecule has 0 aromatic heterocycles. The van der Waals surface area contributed by atoms with Crippen LogP contribution in [0.3, 0.4) is 0 Å². The van der Waals surface area contributed by atoms with Gasteiger partial charge in [-0.25, -0.2) is 0 Å². The summed E-state index contributed by atoms with van der Waals surface area (Å²) in [6.45, 7) is 2.24. The quantitative estimate of drug-likeness (QED) is 0.738. The van der Waals surface area contributed by atoms with Gasteiger partial charge in [0.25, 0.3) is 0 Å². The summed E-state index contributed by atoms with van der Waals surface area (Å²) in [7, 11) is 1.68. The Morgan fingerprint density at radius 2 is 2.00 bits per heavy atom. The molecule has 2 aromatic carbocycles. The van der Waals surface area contributed by atoms with Crippen LogP contribution in [0.5, 0.6) is 17.2 Å². The molecule has 0 spiro atoms. The van der Waals surface area contributed by atoms with Crippen LogP contribution in [-0.4, -0.2) is 12.9 Å². The Hall–Kier alpha value is -2.29. The van der Waals surface area contributed by atoms with Gasteiger partial charge in [-0.3, -0.25) is 4.79 Å². The molecule has 0 amide bonds. The maximum absolute atomic E-state index is 12.9. The van der Waals surface area contributed by atoms with Gasteiger partial charge in [-0.1, -0.05) is 19.1 Å². The zero-order valence-corrected chi connectivity index (χ0v) is 14.2. The minimum Gasteiger partial charge on any atom is -0.497 e. The fraction of sp³-hybridized carbons (Fsp3) is 0.381. The Morgan fingerprint density at radius 3 is 2.83 bits per heavy atom. The van der Waals surface area contributed by atoms with Crippen molar-refractivity contribution in [1.29, 1.82) is 0 Å². The van der Waals surface area contributed by atoms with Gasteiger partial charge in [-0.05, 0) is 67.0 Å². The third-order valence-corrected chi connectivity index (χ3v) is 5.50. The van der Waals surface area contributed by atoms with Crippen LogP contribution in [-0.2, 0) is 6.42 Å². The number of methoxy groups -OCH3 is 1. The Morgan fingerprint density at radius 1 is 1.17 bits per heavy atom. The number of hydrogen-bond donors (Lipinski definition) is 0. The molecule has 0 bridgehead atoms. The van der Waals surface area contributed by atoms with Crippen molar-refractivity contribution in [2.24, 2.45) is 11.3 Å². The second-order valence-electron chi connectivity index (χ2n) is 7.20. The standard InChI is InChI=1S/C21H22O3/c1-21-11-5-6-14-12-15(23-2)9-10-18(14)24-19-8-4-3-7-16(19)20(22)17(21)13-21/h3-4,7-10,12,17H,5-6,11,13H2,1-2H3/t17-,21+/m0/s1. The summed E-state index contributed by atoms with van der Waals surface area (Å²) in [6.07, 6.45) is 4.05. The highest BCUT2D eigenvalue weighted by molar-refractivity contribution is 6.02. The van der Waals surface area contributed by atoms with Gasteiger partial charge in [-0.2, -0.15) is 0 Å². The molecule has 24 heavy (non-hydrogen) atoms. The Labute approximate surface area is 142 Å². The Balaban J connectivity index is 1.79. The highest BCUT2D eigenvalue weighted by Crippen LogP contribution is 2.57. The van der Waals surface area contributed by atoms with E-state index in [0.717, 1.165) is 42.7 Å². The summed E-state index contributed by atoms with van der Waals surface area (Å²) in [5.74, 6) is 2.68. The van der Waals surface area contributed by atoms with Crippen LogP contribution >= 0.6 is 0 Å². The van der Waals surface area contributed by atoms with E-state index in [4.69, 9.17) is 9.47 Å². The van der Waals surface area contributed by atoms with Gasteiger partial charge in [0.2, 0.25) is 0 Å². The number of ether oxygens (including phenoxy) is 2. The minimum absolute atomic E-state index is 0.137. The highest BCUT2D eigenvalue weighted by atomic mass is 16.5. The van der Waals surface area contributed by atoms with E-state index in [2.05, 4.69) is 6.92 Å². The molecule has 1 saturated carbocycles. The van der Waals surface area contributed by atoms with Crippen molar-refractivity contribution in [2.75, 3.05) is 7.11 Å². The number of hydrogen-bond acceptors (Lipinski definition) is 3. The van der Waals surface area contributed by atoms with E-state index in [1.165, 1.54) is 0 Å². The van der Waals surface area contributed by atoms with Gasteiger partial charge < -0.3 is 9.47 Å². The normalized spacial score (nSPS) is 25.4. The maximum Gasteiger partial charge on any atom is 0.170 e. The summed E-state index contributed by atoms with van der Waals surface area (Å²) in [6, 6.07) is 13.5. The van der Waals surface area contributed by atoms with Crippen LogP contribution < -0.4 is 9.47 Å². The number of fused-ring (bicyclic) bond motifs is 3. The van der Waals surface area contributed by atoms with Crippen LogP contribution in [0.4, 0.5) is 0 Å². The molecule has 0 unspecified atom stereocenters. The molecule has 0 radical (unpaired) electrons. The number of carbonyl (C=O) groups excluding carboxylic acids is 1. The first-order chi connectivity index (χ1) is 11.6. The molecule has 1 aliphatic carbocycles.